The van der Waals surface area contributed by atoms with Gasteiger partial charge in [-0.05, 0) is 35.9 Å². The lowest BCUT2D eigenvalue weighted by atomic mass is 10.1. The van der Waals surface area contributed by atoms with Gasteiger partial charge in [-0.3, -0.25) is 0 Å². The average Bonchev–Trinajstić information content (AvgIpc) is 2.96. The number of hydrogen-bond acceptors (Lipinski definition) is 3. The standard InChI is InChI=1S/C10H9NO3.C6H3Cl3/c11-5-6-1-2-8-7(3-6)4-9(14-8)10(12)13;7-4-2-1-3-5(8)6(4)9/h1-4H,5,11H2,(H,12,13);1-3H. The first-order chi connectivity index (χ1) is 10.9. The Morgan fingerprint density at radius 2 is 1.74 bits per heavy atom. The summed E-state index contributed by atoms with van der Waals surface area (Å²) in [6, 6.07) is 12.0. The lowest BCUT2D eigenvalue weighted by Crippen LogP contribution is -1.94. The highest BCUT2D eigenvalue weighted by Gasteiger charge is 2.09. The molecule has 23 heavy (non-hydrogen) atoms. The average molecular weight is 373 g/mol. The number of nitrogens with two attached hydrogens (primary N) is 1. The van der Waals surface area contributed by atoms with Crippen LogP contribution in [0.2, 0.25) is 15.1 Å². The normalized spacial score (nSPS) is 10.3. The topological polar surface area (TPSA) is 76.5 Å². The fraction of sp³-hybridized carbons (Fsp3) is 0.0625. The molecule has 0 spiro atoms. The van der Waals surface area contributed by atoms with Crippen molar-refractivity contribution in [2.45, 2.75) is 6.54 Å². The molecule has 0 fully saturated rings. The van der Waals surface area contributed by atoms with E-state index in [2.05, 4.69) is 0 Å². The summed E-state index contributed by atoms with van der Waals surface area (Å²) in [5.41, 5.74) is 6.98. The van der Waals surface area contributed by atoms with Crippen LogP contribution in [0.5, 0.6) is 0 Å². The van der Waals surface area contributed by atoms with E-state index in [0.717, 1.165) is 10.9 Å². The number of hydrogen-bond donors (Lipinski definition) is 2. The molecular weight excluding hydrogens is 361 g/mol. The van der Waals surface area contributed by atoms with Crippen LogP contribution in [0.4, 0.5) is 0 Å². The zero-order valence-corrected chi connectivity index (χ0v) is 14.0. The molecule has 0 radical (unpaired) electrons. The van der Waals surface area contributed by atoms with Crippen LogP contribution in [0.25, 0.3) is 11.0 Å². The van der Waals surface area contributed by atoms with E-state index < -0.39 is 5.97 Å². The van der Waals surface area contributed by atoms with Gasteiger partial charge in [0.2, 0.25) is 5.76 Å². The van der Waals surface area contributed by atoms with Crippen molar-refractivity contribution >= 4 is 51.7 Å². The molecule has 1 heterocycles. The number of furan rings is 1. The molecule has 3 N–H and O–H groups in total. The van der Waals surface area contributed by atoms with Gasteiger partial charge >= 0.3 is 5.97 Å². The number of carbonyl (C=O) groups is 1. The van der Waals surface area contributed by atoms with Gasteiger partial charge in [-0.25, -0.2) is 4.79 Å². The Kier molecular flexibility index (Phi) is 5.91. The third-order valence-corrected chi connectivity index (χ3v) is 4.16. The molecule has 2 aromatic carbocycles. The second-order valence-corrected chi connectivity index (χ2v) is 5.72. The van der Waals surface area contributed by atoms with Crippen molar-refractivity contribution in [3.05, 3.63) is 68.9 Å². The van der Waals surface area contributed by atoms with Gasteiger partial charge in [0.25, 0.3) is 0 Å². The Morgan fingerprint density at radius 1 is 1.09 bits per heavy atom. The van der Waals surface area contributed by atoms with Gasteiger partial charge in [-0.15, -0.1) is 0 Å². The maximum Gasteiger partial charge on any atom is 0.371 e. The lowest BCUT2D eigenvalue weighted by molar-refractivity contribution is 0.0665. The maximum atomic E-state index is 10.6. The van der Waals surface area contributed by atoms with E-state index in [1.54, 1.807) is 24.3 Å². The summed E-state index contributed by atoms with van der Waals surface area (Å²) in [6.07, 6.45) is 0. The van der Waals surface area contributed by atoms with Crippen LogP contribution in [0.1, 0.15) is 16.1 Å². The van der Waals surface area contributed by atoms with Crippen LogP contribution < -0.4 is 5.73 Å². The summed E-state index contributed by atoms with van der Waals surface area (Å²) >= 11 is 16.8. The molecule has 7 heteroatoms. The van der Waals surface area contributed by atoms with Crippen LogP contribution in [0, 0.1) is 0 Å². The Hall–Kier alpha value is -1.72. The first-order valence-corrected chi connectivity index (χ1v) is 7.61. The van der Waals surface area contributed by atoms with Crippen molar-refractivity contribution in [2.24, 2.45) is 5.73 Å². The van der Waals surface area contributed by atoms with Crippen molar-refractivity contribution < 1.29 is 14.3 Å². The first kappa shape index (κ1) is 17.6. The predicted molar refractivity (Wildman–Crippen MR) is 92.5 cm³/mol. The van der Waals surface area contributed by atoms with E-state index in [-0.39, 0.29) is 5.76 Å². The Bertz CT molecular complexity index is 825. The van der Waals surface area contributed by atoms with Gasteiger partial charge in [-0.1, -0.05) is 46.9 Å². The molecule has 0 saturated carbocycles. The number of carboxylic acids is 1. The molecule has 4 nitrogen and oxygen atoms in total. The second kappa shape index (κ2) is 7.70. The quantitative estimate of drug-likeness (QED) is 0.603. The molecule has 0 saturated heterocycles. The molecule has 0 bridgehead atoms. The number of halogens is 3. The van der Waals surface area contributed by atoms with Crippen molar-refractivity contribution in [1.29, 1.82) is 0 Å². The maximum absolute atomic E-state index is 10.6. The van der Waals surface area contributed by atoms with Crippen molar-refractivity contribution in [3.8, 4) is 0 Å². The number of carboxylic acid groups (broad SMARTS) is 1. The molecule has 120 valence electrons. The molecule has 3 aromatic rings. The van der Waals surface area contributed by atoms with E-state index in [1.807, 2.05) is 12.1 Å². The van der Waals surface area contributed by atoms with Crippen molar-refractivity contribution in [2.75, 3.05) is 0 Å². The fourth-order valence-corrected chi connectivity index (χ4v) is 2.33. The van der Waals surface area contributed by atoms with Crippen molar-refractivity contribution in [1.82, 2.24) is 0 Å². The van der Waals surface area contributed by atoms with Crippen LogP contribution in [-0.4, -0.2) is 11.1 Å². The van der Waals surface area contributed by atoms with E-state index >= 15 is 0 Å². The Morgan fingerprint density at radius 3 is 2.26 bits per heavy atom. The highest BCUT2D eigenvalue weighted by molar-refractivity contribution is 6.47. The Labute approximate surface area is 147 Å². The van der Waals surface area contributed by atoms with Crippen molar-refractivity contribution in [3.63, 3.8) is 0 Å². The highest BCUT2D eigenvalue weighted by atomic mass is 35.5. The minimum Gasteiger partial charge on any atom is -0.475 e. The van der Waals surface area contributed by atoms with Crippen LogP contribution >= 0.6 is 34.8 Å². The van der Waals surface area contributed by atoms with Gasteiger partial charge in [-0.2, -0.15) is 0 Å². The molecule has 0 amide bonds. The SMILES string of the molecule is Clc1cccc(Cl)c1Cl.NCc1ccc2oc(C(=O)O)cc2c1. The summed E-state index contributed by atoms with van der Waals surface area (Å²) < 4.78 is 5.09. The molecule has 0 aliphatic heterocycles. The summed E-state index contributed by atoms with van der Waals surface area (Å²) in [6.45, 7) is 0.434. The Balaban J connectivity index is 0.000000185. The third-order valence-electron chi connectivity index (χ3n) is 2.93. The fourth-order valence-electron chi connectivity index (χ4n) is 1.80. The van der Waals surface area contributed by atoms with Crippen LogP contribution in [0.3, 0.4) is 0 Å². The number of benzene rings is 2. The van der Waals surface area contributed by atoms with Gasteiger partial charge in [0.1, 0.15) is 5.58 Å². The zero-order chi connectivity index (χ0) is 17.0. The largest absolute Gasteiger partial charge is 0.475 e. The minimum absolute atomic E-state index is 0.0471. The van der Waals surface area contributed by atoms with E-state index in [0.29, 0.717) is 27.2 Å². The van der Waals surface area contributed by atoms with Crippen LogP contribution in [-0.2, 0) is 6.54 Å². The van der Waals surface area contributed by atoms with Gasteiger partial charge in [0, 0.05) is 11.9 Å². The molecule has 3 rings (SSSR count). The summed E-state index contributed by atoms with van der Waals surface area (Å²) in [5.74, 6) is -1.11. The van der Waals surface area contributed by atoms with Crippen LogP contribution in [0.15, 0.2) is 46.9 Å². The lowest BCUT2D eigenvalue weighted by Gasteiger charge is -1.94. The molecule has 0 atom stereocenters. The van der Waals surface area contributed by atoms with Gasteiger partial charge in [0.05, 0.1) is 15.1 Å². The number of aromatic carboxylic acids is 1. The van der Waals surface area contributed by atoms with E-state index in [4.69, 9.17) is 50.1 Å². The van der Waals surface area contributed by atoms with E-state index in [1.165, 1.54) is 6.07 Å². The smallest absolute Gasteiger partial charge is 0.371 e. The minimum atomic E-state index is -1.06. The molecule has 1 aromatic heterocycles. The summed E-state index contributed by atoms with van der Waals surface area (Å²) in [4.78, 5) is 10.6. The third kappa shape index (κ3) is 4.39. The molecular formula is C16H12Cl3NO3. The second-order valence-electron chi connectivity index (χ2n) is 4.53. The molecule has 0 aliphatic rings. The molecule has 0 unspecified atom stereocenters. The summed E-state index contributed by atoms with van der Waals surface area (Å²) in [5, 5.41) is 10.9. The zero-order valence-electron chi connectivity index (χ0n) is 11.7. The first-order valence-electron chi connectivity index (χ1n) is 6.47. The monoisotopic (exact) mass is 371 g/mol. The summed E-state index contributed by atoms with van der Waals surface area (Å²) in [7, 11) is 0. The predicted octanol–water partition coefficient (Wildman–Crippen LogP) is 5.24. The van der Waals surface area contributed by atoms with Gasteiger partial charge < -0.3 is 15.3 Å². The number of rotatable bonds is 2. The number of fused-ring (bicyclic) bond motifs is 1. The highest BCUT2D eigenvalue weighted by Crippen LogP contribution is 2.28. The van der Waals surface area contributed by atoms with Gasteiger partial charge in [0.15, 0.2) is 0 Å². The molecule has 0 aliphatic carbocycles. The van der Waals surface area contributed by atoms with E-state index in [9.17, 15) is 4.79 Å².